The minimum Gasteiger partial charge on any atom is -0.484 e. The molecule has 0 unspecified atom stereocenters. The maximum atomic E-state index is 12.8. The van der Waals surface area contributed by atoms with Gasteiger partial charge in [-0.25, -0.2) is 4.68 Å². The van der Waals surface area contributed by atoms with Crippen molar-refractivity contribution in [3.05, 3.63) is 84.2 Å². The van der Waals surface area contributed by atoms with Gasteiger partial charge >= 0.3 is 0 Å². The average Bonchev–Trinajstić information content (AvgIpc) is 3.16. The molecule has 3 aromatic carbocycles. The largest absolute Gasteiger partial charge is 0.484 e. The van der Waals surface area contributed by atoms with Crippen LogP contribution in [0.5, 0.6) is 5.75 Å². The van der Waals surface area contributed by atoms with E-state index in [0.717, 1.165) is 46.7 Å². The number of benzene rings is 3. The van der Waals surface area contributed by atoms with E-state index < -0.39 is 0 Å². The van der Waals surface area contributed by atoms with Gasteiger partial charge in [-0.3, -0.25) is 4.79 Å². The molecular weight excluding hydrogens is 412 g/mol. The Morgan fingerprint density at radius 1 is 0.879 bits per heavy atom. The van der Waals surface area contributed by atoms with Crippen molar-refractivity contribution in [1.29, 1.82) is 0 Å². The summed E-state index contributed by atoms with van der Waals surface area (Å²) >= 11 is 0. The SMILES string of the molecule is Cc1nn(-c2ccccc2)c(C)c1N1CCN(C(=O)COc2ccc3ccccc3c2)CC1. The average molecular weight is 441 g/mol. The van der Waals surface area contributed by atoms with Crippen molar-refractivity contribution < 1.29 is 9.53 Å². The Labute approximate surface area is 194 Å². The lowest BCUT2D eigenvalue weighted by atomic mass is 10.1. The zero-order valence-corrected chi connectivity index (χ0v) is 19.1. The van der Waals surface area contributed by atoms with Gasteiger partial charge < -0.3 is 14.5 Å². The third-order valence-corrected chi connectivity index (χ3v) is 6.29. The number of fused-ring (bicyclic) bond motifs is 1. The maximum absolute atomic E-state index is 12.8. The number of carbonyl (C=O) groups excluding carboxylic acids is 1. The van der Waals surface area contributed by atoms with E-state index in [1.54, 1.807) is 0 Å². The molecule has 33 heavy (non-hydrogen) atoms. The standard InChI is InChI=1S/C27H28N4O2/c1-20-27(21(2)31(28-20)24-10-4-3-5-11-24)30-16-14-29(15-17-30)26(32)19-33-25-13-12-22-8-6-7-9-23(22)18-25/h3-13,18H,14-17,19H2,1-2H3. The Morgan fingerprint density at radius 2 is 1.58 bits per heavy atom. The molecule has 1 amide bonds. The van der Waals surface area contributed by atoms with Gasteiger partial charge in [-0.05, 0) is 48.9 Å². The van der Waals surface area contributed by atoms with Gasteiger partial charge in [0.25, 0.3) is 5.91 Å². The molecule has 5 rings (SSSR count). The quantitative estimate of drug-likeness (QED) is 0.462. The number of piperazine rings is 1. The zero-order valence-electron chi connectivity index (χ0n) is 19.1. The summed E-state index contributed by atoms with van der Waals surface area (Å²) in [6.07, 6.45) is 0. The van der Waals surface area contributed by atoms with Crippen molar-refractivity contribution >= 4 is 22.4 Å². The lowest BCUT2D eigenvalue weighted by Gasteiger charge is -2.36. The van der Waals surface area contributed by atoms with E-state index in [-0.39, 0.29) is 12.5 Å². The lowest BCUT2D eigenvalue weighted by molar-refractivity contribution is -0.133. The van der Waals surface area contributed by atoms with E-state index >= 15 is 0 Å². The van der Waals surface area contributed by atoms with Gasteiger partial charge in [-0.2, -0.15) is 5.10 Å². The monoisotopic (exact) mass is 440 g/mol. The van der Waals surface area contributed by atoms with Gasteiger partial charge in [-0.1, -0.05) is 48.5 Å². The number of aryl methyl sites for hydroxylation is 1. The molecule has 2 heterocycles. The highest BCUT2D eigenvalue weighted by Crippen LogP contribution is 2.28. The molecule has 0 spiro atoms. The molecule has 1 aliphatic heterocycles. The smallest absolute Gasteiger partial charge is 0.260 e. The summed E-state index contributed by atoms with van der Waals surface area (Å²) in [7, 11) is 0. The Kier molecular flexibility index (Phi) is 5.73. The van der Waals surface area contributed by atoms with Crippen LogP contribution >= 0.6 is 0 Å². The first-order valence-corrected chi connectivity index (χ1v) is 11.4. The Hall–Kier alpha value is -3.80. The van der Waals surface area contributed by atoms with E-state index in [0.29, 0.717) is 13.1 Å². The van der Waals surface area contributed by atoms with Gasteiger partial charge in [0.15, 0.2) is 6.61 Å². The highest BCUT2D eigenvalue weighted by atomic mass is 16.5. The van der Waals surface area contributed by atoms with Crippen LogP contribution in [0.1, 0.15) is 11.4 Å². The highest BCUT2D eigenvalue weighted by molar-refractivity contribution is 5.84. The van der Waals surface area contributed by atoms with Crippen LogP contribution in [-0.4, -0.2) is 53.4 Å². The third-order valence-electron chi connectivity index (χ3n) is 6.29. The van der Waals surface area contributed by atoms with Gasteiger partial charge in [0, 0.05) is 26.2 Å². The van der Waals surface area contributed by atoms with Crippen LogP contribution in [0, 0.1) is 13.8 Å². The number of hydrogen-bond acceptors (Lipinski definition) is 4. The highest BCUT2D eigenvalue weighted by Gasteiger charge is 2.25. The van der Waals surface area contributed by atoms with Gasteiger partial charge in [0.05, 0.1) is 22.8 Å². The van der Waals surface area contributed by atoms with E-state index in [1.807, 2.05) is 64.2 Å². The predicted octanol–water partition coefficient (Wildman–Crippen LogP) is 4.37. The van der Waals surface area contributed by atoms with Crippen LogP contribution in [0.4, 0.5) is 5.69 Å². The van der Waals surface area contributed by atoms with E-state index in [1.165, 1.54) is 5.69 Å². The second-order valence-electron chi connectivity index (χ2n) is 8.43. The molecule has 0 N–H and O–H groups in total. The molecule has 1 fully saturated rings. The summed E-state index contributed by atoms with van der Waals surface area (Å²) in [5.74, 6) is 0.747. The molecule has 0 saturated carbocycles. The zero-order chi connectivity index (χ0) is 22.8. The van der Waals surface area contributed by atoms with Crippen molar-refractivity contribution in [2.75, 3.05) is 37.7 Å². The van der Waals surface area contributed by atoms with Crippen LogP contribution in [0.2, 0.25) is 0 Å². The van der Waals surface area contributed by atoms with E-state index in [9.17, 15) is 4.79 Å². The molecule has 0 radical (unpaired) electrons. The van der Waals surface area contributed by atoms with Crippen molar-refractivity contribution in [3.8, 4) is 11.4 Å². The van der Waals surface area contributed by atoms with Crippen molar-refractivity contribution in [2.24, 2.45) is 0 Å². The number of anilines is 1. The van der Waals surface area contributed by atoms with Crippen LogP contribution in [-0.2, 0) is 4.79 Å². The van der Waals surface area contributed by atoms with Crippen LogP contribution in [0.3, 0.4) is 0 Å². The number of ether oxygens (including phenoxy) is 1. The van der Waals surface area contributed by atoms with E-state index in [4.69, 9.17) is 9.84 Å². The molecule has 168 valence electrons. The Morgan fingerprint density at radius 3 is 2.33 bits per heavy atom. The molecule has 6 heteroatoms. The van der Waals surface area contributed by atoms with Crippen molar-refractivity contribution in [2.45, 2.75) is 13.8 Å². The minimum atomic E-state index is 0.0243. The van der Waals surface area contributed by atoms with Crippen LogP contribution in [0.15, 0.2) is 72.8 Å². The fourth-order valence-electron chi connectivity index (χ4n) is 4.59. The van der Waals surface area contributed by atoms with Crippen molar-refractivity contribution in [3.63, 3.8) is 0 Å². The maximum Gasteiger partial charge on any atom is 0.260 e. The van der Waals surface area contributed by atoms with Gasteiger partial charge in [0.1, 0.15) is 5.75 Å². The first-order valence-electron chi connectivity index (χ1n) is 11.4. The van der Waals surface area contributed by atoms with Gasteiger partial charge in [0.2, 0.25) is 0 Å². The molecule has 0 atom stereocenters. The number of amides is 1. The van der Waals surface area contributed by atoms with Gasteiger partial charge in [-0.15, -0.1) is 0 Å². The van der Waals surface area contributed by atoms with Crippen LogP contribution in [0.25, 0.3) is 16.5 Å². The normalized spacial score (nSPS) is 14.0. The predicted molar refractivity (Wildman–Crippen MR) is 131 cm³/mol. The fourth-order valence-corrected chi connectivity index (χ4v) is 4.59. The first-order chi connectivity index (χ1) is 16.1. The molecule has 6 nitrogen and oxygen atoms in total. The summed E-state index contributed by atoms with van der Waals surface area (Å²) in [4.78, 5) is 17.0. The number of nitrogens with zero attached hydrogens (tertiary/aromatic N) is 4. The summed E-state index contributed by atoms with van der Waals surface area (Å²) in [6.45, 7) is 7.13. The third kappa shape index (κ3) is 4.29. The topological polar surface area (TPSA) is 50.6 Å². The summed E-state index contributed by atoms with van der Waals surface area (Å²) in [5, 5.41) is 7.04. The Bertz CT molecular complexity index is 1270. The number of para-hydroxylation sites is 1. The number of aromatic nitrogens is 2. The van der Waals surface area contributed by atoms with E-state index in [2.05, 4.69) is 36.9 Å². The molecule has 4 aromatic rings. The number of rotatable bonds is 5. The Balaban J connectivity index is 1.20. The first kappa shape index (κ1) is 21.1. The molecule has 1 aliphatic rings. The summed E-state index contributed by atoms with van der Waals surface area (Å²) in [6, 6.07) is 24.2. The molecule has 0 aliphatic carbocycles. The summed E-state index contributed by atoms with van der Waals surface area (Å²) in [5.41, 5.74) is 4.36. The second kappa shape index (κ2) is 8.98. The minimum absolute atomic E-state index is 0.0243. The molecule has 0 bridgehead atoms. The number of carbonyl (C=O) groups is 1. The molecule has 1 saturated heterocycles. The van der Waals surface area contributed by atoms with Crippen molar-refractivity contribution in [1.82, 2.24) is 14.7 Å². The molecular formula is C27H28N4O2. The summed E-state index contributed by atoms with van der Waals surface area (Å²) < 4.78 is 7.81. The fraction of sp³-hybridized carbons (Fsp3) is 0.259. The second-order valence-corrected chi connectivity index (χ2v) is 8.43. The molecule has 1 aromatic heterocycles. The number of hydrogen-bond donors (Lipinski definition) is 0. The van der Waals surface area contributed by atoms with Crippen LogP contribution < -0.4 is 9.64 Å². The lowest BCUT2D eigenvalue weighted by Crippen LogP contribution is -2.50.